The first-order valence-corrected chi connectivity index (χ1v) is 7.82. The number of benzene rings is 1. The minimum atomic E-state index is -0.282. The first-order valence-electron chi connectivity index (χ1n) is 6.70. The van der Waals surface area contributed by atoms with Crippen LogP contribution in [0, 0.1) is 5.82 Å². The van der Waals surface area contributed by atoms with Crippen LogP contribution in [0.25, 0.3) is 0 Å². The van der Waals surface area contributed by atoms with Crippen LogP contribution >= 0.6 is 15.9 Å². The van der Waals surface area contributed by atoms with Crippen LogP contribution in [-0.2, 0) is 24.9 Å². The second-order valence-corrected chi connectivity index (χ2v) is 5.07. The summed E-state index contributed by atoms with van der Waals surface area (Å²) in [5.41, 5.74) is 2.91. The van der Waals surface area contributed by atoms with Crippen molar-refractivity contribution in [3.63, 3.8) is 0 Å². The van der Waals surface area contributed by atoms with Gasteiger partial charge in [0.25, 0.3) is 0 Å². The molecule has 1 heterocycles. The van der Waals surface area contributed by atoms with E-state index in [1.807, 2.05) is 23.7 Å². The third-order valence-corrected chi connectivity index (χ3v) is 3.70. The van der Waals surface area contributed by atoms with Crippen molar-refractivity contribution in [2.24, 2.45) is 0 Å². The molecule has 0 N–H and O–H groups in total. The van der Waals surface area contributed by atoms with Crippen LogP contribution in [0.1, 0.15) is 30.8 Å². The maximum absolute atomic E-state index is 13.4. The standard InChI is InChI=1S/C15H18BrFN2O/c1-3-13-8-14(19(4-2)18-13)10-20-15-6-11(9-16)5-12(17)7-15/h5-8H,3-4,9-10H2,1-2H3. The monoisotopic (exact) mass is 340 g/mol. The van der Waals surface area contributed by atoms with Crippen LogP contribution in [0.15, 0.2) is 24.3 Å². The molecule has 0 bridgehead atoms. The van der Waals surface area contributed by atoms with Gasteiger partial charge in [0.2, 0.25) is 0 Å². The fourth-order valence-electron chi connectivity index (χ4n) is 2.02. The maximum Gasteiger partial charge on any atom is 0.130 e. The third kappa shape index (κ3) is 3.60. The van der Waals surface area contributed by atoms with Crippen LogP contribution in [0.4, 0.5) is 4.39 Å². The Morgan fingerprint density at radius 1 is 1.25 bits per heavy atom. The lowest BCUT2D eigenvalue weighted by Crippen LogP contribution is -2.06. The normalized spacial score (nSPS) is 10.8. The third-order valence-electron chi connectivity index (χ3n) is 3.05. The van der Waals surface area contributed by atoms with E-state index in [-0.39, 0.29) is 5.82 Å². The van der Waals surface area contributed by atoms with Gasteiger partial charge in [-0.25, -0.2) is 4.39 Å². The Morgan fingerprint density at radius 2 is 2.05 bits per heavy atom. The van der Waals surface area contributed by atoms with Gasteiger partial charge in [0.15, 0.2) is 0 Å². The number of nitrogens with zero attached hydrogens (tertiary/aromatic N) is 2. The molecule has 0 radical (unpaired) electrons. The Balaban J connectivity index is 2.12. The van der Waals surface area contributed by atoms with Crippen LogP contribution in [-0.4, -0.2) is 9.78 Å². The molecule has 108 valence electrons. The molecular formula is C15H18BrFN2O. The molecule has 0 aliphatic carbocycles. The predicted octanol–water partition coefficient (Wildman–Crippen LogP) is 4.08. The molecule has 0 spiro atoms. The molecule has 0 unspecified atom stereocenters. The highest BCUT2D eigenvalue weighted by Crippen LogP contribution is 2.20. The summed E-state index contributed by atoms with van der Waals surface area (Å²) < 4.78 is 21.0. The van der Waals surface area contributed by atoms with Crippen LogP contribution in [0.3, 0.4) is 0 Å². The van der Waals surface area contributed by atoms with Crippen molar-refractivity contribution in [2.75, 3.05) is 0 Å². The minimum Gasteiger partial charge on any atom is -0.487 e. The van der Waals surface area contributed by atoms with Gasteiger partial charge < -0.3 is 4.74 Å². The van der Waals surface area contributed by atoms with E-state index >= 15 is 0 Å². The fourth-order valence-corrected chi connectivity index (χ4v) is 2.34. The lowest BCUT2D eigenvalue weighted by atomic mass is 10.2. The summed E-state index contributed by atoms with van der Waals surface area (Å²) in [5.74, 6) is 0.261. The van der Waals surface area contributed by atoms with Gasteiger partial charge in [-0.2, -0.15) is 5.10 Å². The quantitative estimate of drug-likeness (QED) is 0.741. The van der Waals surface area contributed by atoms with E-state index in [4.69, 9.17) is 4.74 Å². The Kier molecular flexibility index (Phi) is 5.17. The molecule has 0 atom stereocenters. The molecule has 2 rings (SSSR count). The van der Waals surface area contributed by atoms with Crippen molar-refractivity contribution in [3.05, 3.63) is 47.0 Å². The number of aryl methyl sites for hydroxylation is 2. The molecule has 1 aromatic heterocycles. The summed E-state index contributed by atoms with van der Waals surface area (Å²) in [6, 6.07) is 6.77. The smallest absolute Gasteiger partial charge is 0.130 e. The number of alkyl halides is 1. The molecule has 5 heteroatoms. The van der Waals surface area contributed by atoms with Crippen molar-refractivity contribution in [1.82, 2.24) is 9.78 Å². The number of hydrogen-bond acceptors (Lipinski definition) is 2. The average molecular weight is 341 g/mol. The zero-order chi connectivity index (χ0) is 14.5. The first-order chi connectivity index (χ1) is 9.66. The molecule has 20 heavy (non-hydrogen) atoms. The summed E-state index contributed by atoms with van der Waals surface area (Å²) in [6.07, 6.45) is 0.897. The summed E-state index contributed by atoms with van der Waals surface area (Å²) >= 11 is 3.32. The van der Waals surface area contributed by atoms with Crippen molar-refractivity contribution >= 4 is 15.9 Å². The van der Waals surface area contributed by atoms with E-state index in [1.54, 1.807) is 0 Å². The minimum absolute atomic E-state index is 0.282. The number of hydrogen-bond donors (Lipinski definition) is 0. The molecule has 2 aromatic rings. The van der Waals surface area contributed by atoms with E-state index in [0.717, 1.165) is 29.9 Å². The van der Waals surface area contributed by atoms with Crippen LogP contribution in [0.2, 0.25) is 0 Å². The van der Waals surface area contributed by atoms with E-state index in [9.17, 15) is 4.39 Å². The average Bonchev–Trinajstić information content (AvgIpc) is 2.87. The van der Waals surface area contributed by atoms with Gasteiger partial charge in [0.1, 0.15) is 18.2 Å². The second-order valence-electron chi connectivity index (χ2n) is 4.51. The van der Waals surface area contributed by atoms with Crippen LogP contribution < -0.4 is 4.74 Å². The van der Waals surface area contributed by atoms with Gasteiger partial charge in [0.05, 0.1) is 11.4 Å². The van der Waals surface area contributed by atoms with Gasteiger partial charge >= 0.3 is 0 Å². The maximum atomic E-state index is 13.4. The lowest BCUT2D eigenvalue weighted by molar-refractivity contribution is 0.291. The summed E-state index contributed by atoms with van der Waals surface area (Å²) in [6.45, 7) is 5.31. The van der Waals surface area contributed by atoms with Crippen molar-refractivity contribution in [3.8, 4) is 5.75 Å². The highest BCUT2D eigenvalue weighted by atomic mass is 79.9. The largest absolute Gasteiger partial charge is 0.487 e. The number of halogens is 2. The van der Waals surface area contributed by atoms with Gasteiger partial charge in [-0.05, 0) is 37.1 Å². The Labute approximate surface area is 126 Å². The van der Waals surface area contributed by atoms with E-state index in [1.165, 1.54) is 12.1 Å². The number of aromatic nitrogens is 2. The lowest BCUT2D eigenvalue weighted by Gasteiger charge is -2.09. The highest BCUT2D eigenvalue weighted by Gasteiger charge is 2.07. The number of ether oxygens (including phenoxy) is 1. The zero-order valence-electron chi connectivity index (χ0n) is 11.7. The molecule has 0 aliphatic rings. The molecule has 0 fully saturated rings. The van der Waals surface area contributed by atoms with Crippen molar-refractivity contribution in [1.29, 1.82) is 0 Å². The van der Waals surface area contributed by atoms with Crippen LogP contribution in [0.5, 0.6) is 5.75 Å². The molecule has 0 saturated heterocycles. The Morgan fingerprint density at radius 3 is 2.70 bits per heavy atom. The highest BCUT2D eigenvalue weighted by molar-refractivity contribution is 9.08. The first kappa shape index (κ1) is 15.0. The predicted molar refractivity (Wildman–Crippen MR) is 80.6 cm³/mol. The Hall–Kier alpha value is -1.36. The zero-order valence-corrected chi connectivity index (χ0v) is 13.3. The van der Waals surface area contributed by atoms with Gasteiger partial charge in [-0.15, -0.1) is 0 Å². The van der Waals surface area contributed by atoms with Gasteiger partial charge in [0, 0.05) is 17.9 Å². The Bertz CT molecular complexity index is 583. The van der Waals surface area contributed by atoms with E-state index < -0.39 is 0 Å². The summed E-state index contributed by atoms with van der Waals surface area (Å²) in [5, 5.41) is 5.07. The summed E-state index contributed by atoms with van der Waals surface area (Å²) in [4.78, 5) is 0. The SMILES string of the molecule is CCc1cc(COc2cc(F)cc(CBr)c2)n(CC)n1. The molecule has 1 aromatic carbocycles. The second kappa shape index (κ2) is 6.88. The summed E-state index contributed by atoms with van der Waals surface area (Å²) in [7, 11) is 0. The van der Waals surface area contributed by atoms with Crippen molar-refractivity contribution < 1.29 is 9.13 Å². The molecule has 0 amide bonds. The molecular weight excluding hydrogens is 323 g/mol. The molecule has 3 nitrogen and oxygen atoms in total. The topological polar surface area (TPSA) is 27.1 Å². The van der Waals surface area contributed by atoms with Gasteiger partial charge in [-0.3, -0.25) is 4.68 Å². The van der Waals surface area contributed by atoms with E-state index in [0.29, 0.717) is 17.7 Å². The molecule has 0 saturated carbocycles. The molecule has 0 aliphatic heterocycles. The van der Waals surface area contributed by atoms with Crippen molar-refractivity contribution in [2.45, 2.75) is 38.8 Å². The fraction of sp³-hybridized carbons (Fsp3) is 0.400. The number of rotatable bonds is 6. The van der Waals surface area contributed by atoms with E-state index in [2.05, 4.69) is 28.0 Å². The van der Waals surface area contributed by atoms with Gasteiger partial charge in [-0.1, -0.05) is 22.9 Å².